The molecule has 1 fully saturated rings. The number of carbonyl (C=O) groups excluding carboxylic acids is 2. The summed E-state index contributed by atoms with van der Waals surface area (Å²) in [5, 5.41) is 0. The first-order chi connectivity index (χ1) is 13.0. The number of benzene rings is 2. The van der Waals surface area contributed by atoms with Gasteiger partial charge in [-0.05, 0) is 49.5 Å². The van der Waals surface area contributed by atoms with Gasteiger partial charge in [-0.25, -0.2) is 0 Å². The highest BCUT2D eigenvalue weighted by atomic mass is 16.5. The number of para-hydroxylation sites is 1. The SMILES string of the molecule is Cc1cccc(C)c1OC(=O)C1CCN(C(=O)C=Cc2ccccc2)CC1. The summed E-state index contributed by atoms with van der Waals surface area (Å²) in [6.45, 7) is 5.03. The number of hydrogen-bond donors (Lipinski definition) is 0. The van der Waals surface area contributed by atoms with Gasteiger partial charge in [0.2, 0.25) is 5.91 Å². The molecule has 0 bridgehead atoms. The summed E-state index contributed by atoms with van der Waals surface area (Å²) in [6, 6.07) is 15.6. The lowest BCUT2D eigenvalue weighted by Crippen LogP contribution is -2.40. The standard InChI is InChI=1S/C23H25NO3/c1-17-7-6-8-18(2)22(17)27-23(26)20-13-15-24(16-14-20)21(25)12-11-19-9-4-3-5-10-19/h3-12,20H,13-16H2,1-2H3. The molecule has 0 aliphatic carbocycles. The summed E-state index contributed by atoms with van der Waals surface area (Å²) in [4.78, 5) is 26.7. The second kappa shape index (κ2) is 8.67. The summed E-state index contributed by atoms with van der Waals surface area (Å²) in [7, 11) is 0. The fourth-order valence-corrected chi connectivity index (χ4v) is 3.32. The van der Waals surface area contributed by atoms with Crippen LogP contribution in [-0.4, -0.2) is 29.9 Å². The van der Waals surface area contributed by atoms with Crippen LogP contribution in [0.15, 0.2) is 54.6 Å². The van der Waals surface area contributed by atoms with E-state index in [1.54, 1.807) is 11.0 Å². The zero-order valence-corrected chi connectivity index (χ0v) is 15.9. The van der Waals surface area contributed by atoms with E-state index in [1.807, 2.05) is 68.5 Å². The zero-order chi connectivity index (χ0) is 19.2. The number of ether oxygens (including phenoxy) is 1. The number of amides is 1. The molecule has 1 aliphatic rings. The van der Waals surface area contributed by atoms with Crippen molar-refractivity contribution in [2.75, 3.05) is 13.1 Å². The van der Waals surface area contributed by atoms with Gasteiger partial charge in [0.25, 0.3) is 0 Å². The Labute approximate surface area is 160 Å². The molecule has 27 heavy (non-hydrogen) atoms. The van der Waals surface area contributed by atoms with Crippen LogP contribution in [0.3, 0.4) is 0 Å². The van der Waals surface area contributed by atoms with Gasteiger partial charge in [0.15, 0.2) is 0 Å². The third-order valence-corrected chi connectivity index (χ3v) is 4.97. The molecule has 0 unspecified atom stereocenters. The van der Waals surface area contributed by atoms with Gasteiger partial charge in [0.1, 0.15) is 5.75 Å². The maximum Gasteiger partial charge on any atom is 0.314 e. The quantitative estimate of drug-likeness (QED) is 0.465. The fourth-order valence-electron chi connectivity index (χ4n) is 3.32. The molecule has 0 aromatic heterocycles. The third-order valence-electron chi connectivity index (χ3n) is 4.97. The number of carbonyl (C=O) groups is 2. The monoisotopic (exact) mass is 363 g/mol. The molecule has 0 N–H and O–H groups in total. The van der Waals surface area contributed by atoms with E-state index in [-0.39, 0.29) is 17.8 Å². The number of nitrogens with zero attached hydrogens (tertiary/aromatic N) is 1. The van der Waals surface area contributed by atoms with Gasteiger partial charge < -0.3 is 9.64 Å². The normalized spacial score (nSPS) is 15.1. The highest BCUT2D eigenvalue weighted by Gasteiger charge is 2.28. The van der Waals surface area contributed by atoms with E-state index in [0.717, 1.165) is 16.7 Å². The minimum absolute atomic E-state index is 0.0135. The van der Waals surface area contributed by atoms with Crippen molar-refractivity contribution in [2.45, 2.75) is 26.7 Å². The Kier molecular flexibility index (Phi) is 6.07. The van der Waals surface area contributed by atoms with Gasteiger partial charge in [0.05, 0.1) is 5.92 Å². The van der Waals surface area contributed by atoms with Gasteiger partial charge in [-0.3, -0.25) is 9.59 Å². The van der Waals surface area contributed by atoms with Crippen molar-refractivity contribution in [3.05, 3.63) is 71.3 Å². The van der Waals surface area contributed by atoms with E-state index in [2.05, 4.69) is 0 Å². The van der Waals surface area contributed by atoms with Crippen LogP contribution < -0.4 is 4.74 Å². The predicted octanol–water partition coefficient (Wildman–Crippen LogP) is 4.16. The summed E-state index contributed by atoms with van der Waals surface area (Å²) in [5.41, 5.74) is 2.92. The molecular formula is C23H25NO3. The Morgan fingerprint density at radius 2 is 1.59 bits per heavy atom. The van der Waals surface area contributed by atoms with Crippen LogP contribution in [0.2, 0.25) is 0 Å². The largest absolute Gasteiger partial charge is 0.426 e. The van der Waals surface area contributed by atoms with E-state index in [4.69, 9.17) is 4.74 Å². The molecule has 1 heterocycles. The molecule has 1 saturated heterocycles. The van der Waals surface area contributed by atoms with Gasteiger partial charge in [0, 0.05) is 19.2 Å². The predicted molar refractivity (Wildman–Crippen MR) is 106 cm³/mol. The summed E-state index contributed by atoms with van der Waals surface area (Å²) in [6.07, 6.45) is 4.69. The van der Waals surface area contributed by atoms with E-state index >= 15 is 0 Å². The molecular weight excluding hydrogens is 338 g/mol. The van der Waals surface area contributed by atoms with Crippen molar-refractivity contribution in [1.82, 2.24) is 4.90 Å². The molecule has 1 amide bonds. The van der Waals surface area contributed by atoms with E-state index in [1.165, 1.54) is 0 Å². The second-order valence-corrected chi connectivity index (χ2v) is 6.99. The Morgan fingerprint density at radius 3 is 2.22 bits per heavy atom. The van der Waals surface area contributed by atoms with Crippen molar-refractivity contribution in [1.29, 1.82) is 0 Å². The smallest absolute Gasteiger partial charge is 0.314 e. The highest BCUT2D eigenvalue weighted by molar-refractivity contribution is 5.92. The van der Waals surface area contributed by atoms with Crippen molar-refractivity contribution < 1.29 is 14.3 Å². The van der Waals surface area contributed by atoms with Crippen molar-refractivity contribution in [3.8, 4) is 5.75 Å². The Balaban J connectivity index is 1.53. The van der Waals surface area contributed by atoms with Crippen LogP contribution in [-0.2, 0) is 9.59 Å². The van der Waals surface area contributed by atoms with Crippen molar-refractivity contribution in [2.24, 2.45) is 5.92 Å². The summed E-state index contributed by atoms with van der Waals surface area (Å²) in [5.74, 6) is 0.290. The molecule has 0 spiro atoms. The second-order valence-electron chi connectivity index (χ2n) is 6.99. The first-order valence-corrected chi connectivity index (χ1v) is 9.34. The lowest BCUT2D eigenvalue weighted by molar-refractivity contribution is -0.142. The van der Waals surface area contributed by atoms with Crippen LogP contribution in [0.4, 0.5) is 0 Å². The fraction of sp³-hybridized carbons (Fsp3) is 0.304. The van der Waals surface area contributed by atoms with Gasteiger partial charge in [-0.2, -0.15) is 0 Å². The van der Waals surface area contributed by atoms with Crippen LogP contribution in [0.25, 0.3) is 6.08 Å². The molecule has 1 aliphatic heterocycles. The van der Waals surface area contributed by atoms with Crippen LogP contribution in [0.1, 0.15) is 29.5 Å². The summed E-state index contributed by atoms with van der Waals surface area (Å²) >= 11 is 0. The molecule has 140 valence electrons. The van der Waals surface area contributed by atoms with E-state index < -0.39 is 0 Å². The first kappa shape index (κ1) is 18.9. The first-order valence-electron chi connectivity index (χ1n) is 9.34. The van der Waals surface area contributed by atoms with Gasteiger partial charge in [-0.1, -0.05) is 48.5 Å². The average Bonchev–Trinajstić information content (AvgIpc) is 2.70. The van der Waals surface area contributed by atoms with E-state index in [9.17, 15) is 9.59 Å². The Hall–Kier alpha value is -2.88. The molecule has 2 aromatic carbocycles. The minimum Gasteiger partial charge on any atom is -0.426 e. The van der Waals surface area contributed by atoms with Crippen LogP contribution >= 0.6 is 0 Å². The molecule has 0 saturated carbocycles. The maximum atomic E-state index is 12.5. The third kappa shape index (κ3) is 4.85. The molecule has 0 atom stereocenters. The molecule has 3 rings (SSSR count). The molecule has 2 aromatic rings. The summed E-state index contributed by atoms with van der Waals surface area (Å²) < 4.78 is 5.66. The van der Waals surface area contributed by atoms with Crippen LogP contribution in [0.5, 0.6) is 5.75 Å². The van der Waals surface area contributed by atoms with E-state index in [0.29, 0.717) is 31.7 Å². The van der Waals surface area contributed by atoms with Crippen LogP contribution in [0, 0.1) is 19.8 Å². The maximum absolute atomic E-state index is 12.5. The number of aryl methyl sites for hydroxylation is 2. The molecule has 4 heteroatoms. The van der Waals surface area contributed by atoms with Crippen molar-refractivity contribution >= 4 is 18.0 Å². The number of rotatable bonds is 4. The Morgan fingerprint density at radius 1 is 0.963 bits per heavy atom. The topological polar surface area (TPSA) is 46.6 Å². The minimum atomic E-state index is -0.195. The Bertz CT molecular complexity index is 814. The average molecular weight is 363 g/mol. The number of esters is 1. The highest BCUT2D eigenvalue weighted by Crippen LogP contribution is 2.26. The lowest BCUT2D eigenvalue weighted by atomic mass is 9.97. The van der Waals surface area contributed by atoms with Crippen molar-refractivity contribution in [3.63, 3.8) is 0 Å². The molecule has 0 radical (unpaired) electrons. The zero-order valence-electron chi connectivity index (χ0n) is 15.9. The number of hydrogen-bond acceptors (Lipinski definition) is 3. The van der Waals surface area contributed by atoms with Gasteiger partial charge in [-0.15, -0.1) is 0 Å². The van der Waals surface area contributed by atoms with Gasteiger partial charge >= 0.3 is 5.97 Å². The number of likely N-dealkylation sites (tertiary alicyclic amines) is 1. The lowest BCUT2D eigenvalue weighted by Gasteiger charge is -2.30. The molecule has 4 nitrogen and oxygen atoms in total. The number of piperidine rings is 1.